The topological polar surface area (TPSA) is 132 Å². The molecule has 0 unspecified atom stereocenters. The Morgan fingerprint density at radius 2 is 1.83 bits per heavy atom. The van der Waals surface area contributed by atoms with E-state index in [4.69, 9.17) is 23.2 Å². The van der Waals surface area contributed by atoms with E-state index in [-0.39, 0.29) is 29.6 Å². The Morgan fingerprint density at radius 1 is 1.10 bits per heavy atom. The van der Waals surface area contributed by atoms with Crippen molar-refractivity contribution in [3.8, 4) is 17.1 Å². The summed E-state index contributed by atoms with van der Waals surface area (Å²) in [7, 11) is 0. The van der Waals surface area contributed by atoms with E-state index in [1.807, 2.05) is 0 Å². The molecule has 0 fully saturated rings. The van der Waals surface area contributed by atoms with Crippen molar-refractivity contribution in [2.24, 2.45) is 4.99 Å². The van der Waals surface area contributed by atoms with Crippen LogP contribution in [-0.4, -0.2) is 64.8 Å². The van der Waals surface area contributed by atoms with Crippen LogP contribution in [0.4, 0.5) is 13.2 Å². The van der Waals surface area contributed by atoms with Crippen LogP contribution in [0.3, 0.4) is 0 Å². The number of carbonyl (C=O) groups is 1. The monoisotopic (exact) mass is 606 g/mol. The number of halogens is 5. The molecule has 2 N–H and O–H groups in total. The molecule has 16 heteroatoms. The van der Waals surface area contributed by atoms with E-state index in [2.05, 4.69) is 25.5 Å². The van der Waals surface area contributed by atoms with Crippen molar-refractivity contribution in [3.05, 3.63) is 92.9 Å². The summed E-state index contributed by atoms with van der Waals surface area (Å²) < 4.78 is 42.3. The second-order valence-corrected chi connectivity index (χ2v) is 9.60. The molecule has 0 aliphatic carbocycles. The molecule has 4 aromatic rings. The molecule has 1 amide bonds. The standard InChI is InChI=1S/C25H19Cl2F3N8O3/c26-15-7-5-14(6-8-15)22-35-37(24(41)36(22)11-19(39)25(28,29)30)12-20-32-13-38(34-20)18-4-2-1-3-16(18)23(40)33-21-17(27)9-10-31-21/h1-9,13,19,39H,10-12H2,(H,31,33,40)/t19-/m0/s1. The lowest BCUT2D eigenvalue weighted by Gasteiger charge is -2.15. The lowest BCUT2D eigenvalue weighted by molar-refractivity contribution is -0.207. The quantitative estimate of drug-likeness (QED) is 0.332. The van der Waals surface area contributed by atoms with E-state index < -0.39 is 30.4 Å². The van der Waals surface area contributed by atoms with E-state index in [9.17, 15) is 27.9 Å². The van der Waals surface area contributed by atoms with Gasteiger partial charge in [0.15, 0.2) is 17.8 Å². The van der Waals surface area contributed by atoms with E-state index in [0.717, 1.165) is 9.25 Å². The molecule has 1 atom stereocenters. The number of hydrogen-bond donors (Lipinski definition) is 2. The molecule has 2 aromatic heterocycles. The molecule has 3 heterocycles. The first kappa shape index (κ1) is 28.3. The number of amidine groups is 1. The highest BCUT2D eigenvalue weighted by Gasteiger charge is 2.39. The smallest absolute Gasteiger partial charge is 0.382 e. The molecular formula is C25H19Cl2F3N8O3. The first-order chi connectivity index (χ1) is 19.5. The molecule has 5 rings (SSSR count). The summed E-state index contributed by atoms with van der Waals surface area (Å²) in [6, 6.07) is 12.5. The van der Waals surface area contributed by atoms with E-state index in [0.29, 0.717) is 27.9 Å². The minimum Gasteiger partial charge on any atom is -0.382 e. The molecule has 1 aliphatic rings. The molecule has 11 nitrogen and oxygen atoms in total. The van der Waals surface area contributed by atoms with Gasteiger partial charge in [-0.3, -0.25) is 14.4 Å². The van der Waals surface area contributed by atoms with Crippen LogP contribution in [-0.2, 0) is 13.1 Å². The molecule has 0 spiro atoms. The summed E-state index contributed by atoms with van der Waals surface area (Å²) in [5, 5.41) is 21.5. The highest BCUT2D eigenvalue weighted by atomic mass is 35.5. The maximum atomic E-state index is 13.1. The van der Waals surface area contributed by atoms with Crippen molar-refractivity contribution in [2.75, 3.05) is 6.54 Å². The number of aliphatic hydroxyl groups excluding tert-OH is 1. The fourth-order valence-corrected chi connectivity index (χ4v) is 4.25. The number of aliphatic imine (C=N–C) groups is 1. The van der Waals surface area contributed by atoms with Gasteiger partial charge in [0.1, 0.15) is 18.7 Å². The van der Waals surface area contributed by atoms with Crippen molar-refractivity contribution in [1.82, 2.24) is 34.4 Å². The number of nitrogens with one attached hydrogen (secondary N) is 1. The Bertz CT molecular complexity index is 1720. The summed E-state index contributed by atoms with van der Waals surface area (Å²) in [5.74, 6) is -0.278. The number of benzene rings is 2. The summed E-state index contributed by atoms with van der Waals surface area (Å²) >= 11 is 12.0. The van der Waals surface area contributed by atoms with Crippen LogP contribution in [0.2, 0.25) is 5.02 Å². The molecule has 0 saturated carbocycles. The van der Waals surface area contributed by atoms with Gasteiger partial charge in [-0.25, -0.2) is 19.1 Å². The van der Waals surface area contributed by atoms with E-state index in [1.54, 1.807) is 30.3 Å². The van der Waals surface area contributed by atoms with Gasteiger partial charge in [0.25, 0.3) is 5.91 Å². The number of amides is 1. The average Bonchev–Trinajstić information content (AvgIpc) is 3.65. The highest BCUT2D eigenvalue weighted by molar-refractivity contribution is 6.45. The Hall–Kier alpha value is -4.27. The van der Waals surface area contributed by atoms with Crippen molar-refractivity contribution < 1.29 is 23.1 Å². The summed E-state index contributed by atoms with van der Waals surface area (Å²) in [4.78, 5) is 34.3. The second kappa shape index (κ2) is 11.3. The highest BCUT2D eigenvalue weighted by Crippen LogP contribution is 2.24. The van der Waals surface area contributed by atoms with Gasteiger partial charge < -0.3 is 10.4 Å². The molecule has 0 saturated heterocycles. The van der Waals surface area contributed by atoms with Gasteiger partial charge in [-0.1, -0.05) is 35.3 Å². The Kier molecular flexibility index (Phi) is 7.80. The SMILES string of the molecule is O=C(NC1=NCC=C1Cl)c1ccccc1-n1cnc(Cn2nc(-c3ccc(Cl)cc3)n(C[C@H](O)C(F)(F)F)c2=O)n1. The van der Waals surface area contributed by atoms with Gasteiger partial charge in [-0.05, 0) is 42.5 Å². The van der Waals surface area contributed by atoms with Crippen LogP contribution in [0.5, 0.6) is 0 Å². The van der Waals surface area contributed by atoms with Crippen LogP contribution in [0.25, 0.3) is 17.1 Å². The van der Waals surface area contributed by atoms with Crippen LogP contribution >= 0.6 is 23.2 Å². The zero-order valence-corrected chi connectivity index (χ0v) is 22.3. The second-order valence-electron chi connectivity index (χ2n) is 8.76. The van der Waals surface area contributed by atoms with Crippen molar-refractivity contribution >= 4 is 34.9 Å². The first-order valence-electron chi connectivity index (χ1n) is 11.9. The fourth-order valence-electron chi connectivity index (χ4n) is 3.95. The number of aliphatic hydroxyl groups is 1. The largest absolute Gasteiger partial charge is 0.416 e. The lowest BCUT2D eigenvalue weighted by atomic mass is 10.1. The number of nitrogens with zero attached hydrogens (tertiary/aromatic N) is 7. The van der Waals surface area contributed by atoms with Gasteiger partial charge >= 0.3 is 11.9 Å². The third kappa shape index (κ3) is 6.09. The van der Waals surface area contributed by atoms with Crippen molar-refractivity contribution in [3.63, 3.8) is 0 Å². The van der Waals surface area contributed by atoms with E-state index >= 15 is 0 Å². The summed E-state index contributed by atoms with van der Waals surface area (Å²) in [6.07, 6.45) is -4.79. The number of rotatable bonds is 7. The molecule has 2 aromatic carbocycles. The van der Waals surface area contributed by atoms with Crippen molar-refractivity contribution in [2.45, 2.75) is 25.4 Å². The Balaban J connectivity index is 1.44. The third-order valence-electron chi connectivity index (χ3n) is 5.96. The van der Waals surface area contributed by atoms with Gasteiger partial charge in [-0.15, -0.1) is 10.2 Å². The van der Waals surface area contributed by atoms with Gasteiger partial charge in [0.2, 0.25) is 0 Å². The van der Waals surface area contributed by atoms with Crippen molar-refractivity contribution in [1.29, 1.82) is 0 Å². The number of para-hydroxylation sites is 1. The first-order valence-corrected chi connectivity index (χ1v) is 12.7. The number of carbonyl (C=O) groups excluding carboxylic acids is 1. The summed E-state index contributed by atoms with van der Waals surface area (Å²) in [6.45, 7) is -1.03. The maximum absolute atomic E-state index is 13.1. The average molecular weight is 607 g/mol. The van der Waals surface area contributed by atoms with Gasteiger partial charge in [0, 0.05) is 10.6 Å². The Labute approximate surface area is 239 Å². The predicted octanol–water partition coefficient (Wildman–Crippen LogP) is 3.18. The minimum atomic E-state index is -4.95. The predicted molar refractivity (Wildman–Crippen MR) is 143 cm³/mol. The zero-order valence-electron chi connectivity index (χ0n) is 20.8. The van der Waals surface area contributed by atoms with Crippen LogP contribution in [0.1, 0.15) is 16.2 Å². The van der Waals surface area contributed by atoms with Crippen LogP contribution < -0.4 is 11.0 Å². The van der Waals surface area contributed by atoms with Crippen LogP contribution in [0.15, 0.2) is 75.8 Å². The molecule has 0 bridgehead atoms. The third-order valence-corrected chi connectivity index (χ3v) is 6.55. The van der Waals surface area contributed by atoms with Crippen LogP contribution in [0, 0.1) is 0 Å². The Morgan fingerprint density at radius 3 is 2.51 bits per heavy atom. The van der Waals surface area contributed by atoms with Gasteiger partial charge in [0.05, 0.1) is 29.4 Å². The zero-order chi connectivity index (χ0) is 29.3. The number of hydrogen-bond acceptors (Lipinski definition) is 7. The molecule has 41 heavy (non-hydrogen) atoms. The van der Waals surface area contributed by atoms with E-state index in [1.165, 1.54) is 35.3 Å². The summed E-state index contributed by atoms with van der Waals surface area (Å²) in [5.41, 5.74) is -0.0254. The minimum absolute atomic E-state index is 0.0807. The van der Waals surface area contributed by atoms with Gasteiger partial charge in [-0.2, -0.15) is 13.2 Å². The fraction of sp³-hybridized carbons (Fsp3) is 0.200. The molecule has 1 aliphatic heterocycles. The molecular weight excluding hydrogens is 588 g/mol. The molecule has 0 radical (unpaired) electrons. The number of aromatic nitrogens is 6. The maximum Gasteiger partial charge on any atom is 0.416 e. The number of alkyl halides is 3. The lowest BCUT2D eigenvalue weighted by Crippen LogP contribution is -2.37. The normalized spacial score (nSPS) is 14.1. The molecule has 212 valence electrons.